The van der Waals surface area contributed by atoms with Gasteiger partial charge >= 0.3 is 0 Å². The van der Waals surface area contributed by atoms with Crippen LogP contribution in [0, 0.1) is 11.6 Å². The summed E-state index contributed by atoms with van der Waals surface area (Å²) in [4.78, 5) is 0. The minimum atomic E-state index is -0.778. The highest BCUT2D eigenvalue weighted by molar-refractivity contribution is 5.31. The normalized spacial score (nSPS) is 12.5. The molecule has 0 aliphatic carbocycles. The third-order valence-corrected chi connectivity index (χ3v) is 2.14. The van der Waals surface area contributed by atoms with Crippen LogP contribution in [0.1, 0.15) is 18.9 Å². The molecule has 1 rings (SSSR count). The molecule has 2 nitrogen and oxygen atoms in total. The number of nitrogens with two attached hydrogens (primary N) is 1. The molecule has 0 aromatic heterocycles. The second-order valence-corrected chi connectivity index (χ2v) is 3.96. The van der Waals surface area contributed by atoms with Crippen LogP contribution in [0.2, 0.25) is 0 Å². The van der Waals surface area contributed by atoms with E-state index in [-0.39, 0.29) is 19.1 Å². The molecule has 1 atom stereocenters. The van der Waals surface area contributed by atoms with E-state index in [0.29, 0.717) is 12.0 Å². The number of rotatable bonds is 6. The Kier molecular flexibility index (Phi) is 5.28. The van der Waals surface area contributed by atoms with Gasteiger partial charge in [-0.1, -0.05) is 0 Å². The molecule has 0 spiro atoms. The summed E-state index contributed by atoms with van der Waals surface area (Å²) >= 11 is 0. The summed E-state index contributed by atoms with van der Waals surface area (Å²) in [5.74, 6) is -2.01. The van der Waals surface area contributed by atoms with Crippen molar-refractivity contribution in [1.82, 2.24) is 0 Å². The van der Waals surface area contributed by atoms with E-state index >= 15 is 0 Å². The molecule has 0 saturated heterocycles. The lowest BCUT2D eigenvalue weighted by atomic mass is 10.1. The minimum absolute atomic E-state index is 0.0447. The fraction of sp³-hybridized carbons (Fsp3) is 0.500. The molecule has 1 aromatic rings. The van der Waals surface area contributed by atoms with Gasteiger partial charge in [-0.05, 0) is 31.0 Å². The van der Waals surface area contributed by atoms with Crippen molar-refractivity contribution < 1.29 is 17.9 Å². The van der Waals surface area contributed by atoms with Gasteiger partial charge in [-0.2, -0.15) is 0 Å². The summed E-state index contributed by atoms with van der Waals surface area (Å²) in [7, 11) is 0. The number of ether oxygens (including phenoxy) is 1. The molecule has 1 aromatic carbocycles. The molecule has 17 heavy (non-hydrogen) atoms. The van der Waals surface area contributed by atoms with Crippen molar-refractivity contribution in [3.05, 3.63) is 29.3 Å². The maximum atomic E-state index is 13.5. The number of hydrogen-bond donors (Lipinski definition) is 1. The molecule has 1 unspecified atom stereocenters. The van der Waals surface area contributed by atoms with Crippen LogP contribution in [-0.4, -0.2) is 19.3 Å². The zero-order valence-electron chi connectivity index (χ0n) is 9.68. The zero-order valence-corrected chi connectivity index (χ0v) is 9.68. The predicted molar refractivity (Wildman–Crippen MR) is 59.8 cm³/mol. The van der Waals surface area contributed by atoms with Gasteiger partial charge in [-0.15, -0.1) is 0 Å². The Morgan fingerprint density at radius 1 is 1.29 bits per heavy atom. The third kappa shape index (κ3) is 4.26. The van der Waals surface area contributed by atoms with Crippen LogP contribution >= 0.6 is 0 Å². The van der Waals surface area contributed by atoms with Gasteiger partial charge in [0.15, 0.2) is 17.4 Å². The van der Waals surface area contributed by atoms with E-state index in [0.717, 1.165) is 0 Å². The SMILES string of the molecule is CC(N)Cc1cc(F)c(OCCCF)c(F)c1. The maximum Gasteiger partial charge on any atom is 0.190 e. The molecule has 0 radical (unpaired) electrons. The van der Waals surface area contributed by atoms with E-state index in [2.05, 4.69) is 0 Å². The summed E-state index contributed by atoms with van der Waals surface area (Å²) in [6.07, 6.45) is 0.499. The molecular weight excluding hydrogens is 231 g/mol. The average Bonchev–Trinajstić information content (AvgIpc) is 2.21. The molecule has 2 N–H and O–H groups in total. The first-order chi connectivity index (χ1) is 8.04. The molecule has 0 bridgehead atoms. The highest BCUT2D eigenvalue weighted by Crippen LogP contribution is 2.24. The lowest BCUT2D eigenvalue weighted by Crippen LogP contribution is -2.18. The van der Waals surface area contributed by atoms with Crippen LogP contribution in [0.3, 0.4) is 0 Å². The number of alkyl halides is 1. The highest BCUT2D eigenvalue weighted by Gasteiger charge is 2.13. The van der Waals surface area contributed by atoms with Crippen LogP contribution in [0.25, 0.3) is 0 Å². The average molecular weight is 247 g/mol. The maximum absolute atomic E-state index is 13.5. The fourth-order valence-electron chi connectivity index (χ4n) is 1.47. The smallest absolute Gasteiger partial charge is 0.190 e. The second-order valence-electron chi connectivity index (χ2n) is 3.96. The monoisotopic (exact) mass is 247 g/mol. The number of hydrogen-bond acceptors (Lipinski definition) is 2. The molecule has 0 aliphatic rings. The van der Waals surface area contributed by atoms with E-state index in [9.17, 15) is 13.2 Å². The van der Waals surface area contributed by atoms with Crippen molar-refractivity contribution in [3.63, 3.8) is 0 Å². The van der Waals surface area contributed by atoms with Gasteiger partial charge < -0.3 is 10.5 Å². The first-order valence-corrected chi connectivity index (χ1v) is 5.47. The Hall–Kier alpha value is -1.23. The first-order valence-electron chi connectivity index (χ1n) is 5.47. The van der Waals surface area contributed by atoms with Crippen molar-refractivity contribution in [2.45, 2.75) is 25.8 Å². The van der Waals surface area contributed by atoms with E-state index in [1.54, 1.807) is 6.92 Å². The largest absolute Gasteiger partial charge is 0.488 e. The molecule has 0 fully saturated rings. The molecule has 5 heteroatoms. The van der Waals surface area contributed by atoms with Crippen LogP contribution < -0.4 is 10.5 Å². The summed E-state index contributed by atoms with van der Waals surface area (Å²) in [5, 5.41) is 0. The topological polar surface area (TPSA) is 35.2 Å². The van der Waals surface area contributed by atoms with Gasteiger partial charge in [0, 0.05) is 12.5 Å². The third-order valence-electron chi connectivity index (χ3n) is 2.14. The lowest BCUT2D eigenvalue weighted by Gasteiger charge is -2.10. The van der Waals surface area contributed by atoms with Crippen molar-refractivity contribution in [2.24, 2.45) is 5.73 Å². The molecule has 0 heterocycles. The Labute approximate surface area is 98.6 Å². The van der Waals surface area contributed by atoms with Crippen molar-refractivity contribution in [2.75, 3.05) is 13.3 Å². The summed E-state index contributed by atoms with van der Waals surface area (Å²) < 4.78 is 43.6. The zero-order chi connectivity index (χ0) is 12.8. The summed E-state index contributed by atoms with van der Waals surface area (Å²) in [6, 6.07) is 2.21. The Bertz CT molecular complexity index is 346. The van der Waals surface area contributed by atoms with Gasteiger partial charge in [0.25, 0.3) is 0 Å². The minimum Gasteiger partial charge on any atom is -0.488 e. The van der Waals surface area contributed by atoms with Crippen LogP contribution in [0.5, 0.6) is 5.75 Å². The summed E-state index contributed by atoms with van der Waals surface area (Å²) in [6.45, 7) is 1.13. The molecule has 0 aliphatic heterocycles. The van der Waals surface area contributed by atoms with Gasteiger partial charge in [0.1, 0.15) is 0 Å². The predicted octanol–water partition coefficient (Wildman–Crippen LogP) is 2.59. The van der Waals surface area contributed by atoms with Crippen LogP contribution in [0.15, 0.2) is 12.1 Å². The van der Waals surface area contributed by atoms with Crippen LogP contribution in [-0.2, 0) is 6.42 Å². The Morgan fingerprint density at radius 3 is 2.35 bits per heavy atom. The van der Waals surface area contributed by atoms with Crippen molar-refractivity contribution in [1.29, 1.82) is 0 Å². The fourth-order valence-corrected chi connectivity index (χ4v) is 1.47. The Morgan fingerprint density at radius 2 is 1.88 bits per heavy atom. The standard InChI is InChI=1S/C12H16F3NO/c1-8(16)5-9-6-10(14)12(11(15)7-9)17-4-2-3-13/h6-8H,2-5,16H2,1H3. The van der Waals surface area contributed by atoms with Gasteiger partial charge in [0.05, 0.1) is 13.3 Å². The lowest BCUT2D eigenvalue weighted by molar-refractivity contribution is 0.264. The molecule has 96 valence electrons. The van der Waals surface area contributed by atoms with E-state index < -0.39 is 24.1 Å². The van der Waals surface area contributed by atoms with Crippen molar-refractivity contribution >= 4 is 0 Å². The second kappa shape index (κ2) is 6.49. The van der Waals surface area contributed by atoms with Crippen molar-refractivity contribution in [3.8, 4) is 5.75 Å². The number of benzene rings is 1. The van der Waals surface area contributed by atoms with E-state index in [4.69, 9.17) is 10.5 Å². The van der Waals surface area contributed by atoms with E-state index in [1.165, 1.54) is 12.1 Å². The van der Waals surface area contributed by atoms with Gasteiger partial charge in [-0.3, -0.25) is 4.39 Å². The van der Waals surface area contributed by atoms with Gasteiger partial charge in [0.2, 0.25) is 0 Å². The van der Waals surface area contributed by atoms with Gasteiger partial charge in [-0.25, -0.2) is 8.78 Å². The van der Waals surface area contributed by atoms with E-state index in [1.807, 2.05) is 0 Å². The number of halogens is 3. The summed E-state index contributed by atoms with van der Waals surface area (Å²) in [5.41, 5.74) is 6.02. The Balaban J connectivity index is 2.79. The molecule has 0 saturated carbocycles. The first kappa shape index (κ1) is 13.8. The van der Waals surface area contributed by atoms with Crippen LogP contribution in [0.4, 0.5) is 13.2 Å². The molecular formula is C12H16F3NO. The highest BCUT2D eigenvalue weighted by atomic mass is 19.1. The quantitative estimate of drug-likeness (QED) is 0.784. The molecule has 0 amide bonds.